The van der Waals surface area contributed by atoms with Gasteiger partial charge in [-0.1, -0.05) is 291 Å². The summed E-state index contributed by atoms with van der Waals surface area (Å²) in [6.07, 6.45) is 0. The molecule has 0 amide bonds. The molecular formula is C72H60FeN7O13P4. The van der Waals surface area contributed by atoms with Crippen LogP contribution in [0, 0.1) is 66.2 Å². The topological polar surface area (TPSA) is 329 Å². The van der Waals surface area contributed by atoms with E-state index < -0.39 is 49.3 Å². The van der Waals surface area contributed by atoms with Crippen molar-refractivity contribution < 1.29 is 37.4 Å². The van der Waals surface area contributed by atoms with Crippen LogP contribution in [0.5, 0.6) is 0 Å². The Kier molecular flexibility index (Phi) is 31.2. The zero-order valence-corrected chi connectivity index (χ0v) is 55.9. The molecule has 489 valence electrons. The summed E-state index contributed by atoms with van der Waals surface area (Å²) in [6, 6.07) is 131. The average Bonchev–Trinajstić information content (AvgIpc) is 0.729. The van der Waals surface area contributed by atoms with Crippen molar-refractivity contribution in [3.63, 3.8) is 0 Å². The van der Waals surface area contributed by atoms with Gasteiger partial charge in [0.15, 0.2) is 0 Å². The zero-order chi connectivity index (χ0) is 69.1. The molecule has 12 aromatic rings. The number of rotatable bonds is 14. The van der Waals surface area contributed by atoms with E-state index in [0.29, 0.717) is 0 Å². The van der Waals surface area contributed by atoms with Crippen LogP contribution in [0.25, 0.3) is 0 Å². The molecule has 97 heavy (non-hydrogen) atoms. The van der Waals surface area contributed by atoms with Gasteiger partial charge in [0.25, 0.3) is 0 Å². The smallest absolute Gasteiger partial charge is 0.356 e. The van der Waals surface area contributed by atoms with Gasteiger partial charge in [-0.15, -0.1) is 13.9 Å². The summed E-state index contributed by atoms with van der Waals surface area (Å²) in [6.45, 7) is 0. The minimum atomic E-state index is -2.50. The van der Waals surface area contributed by atoms with Crippen LogP contribution in [0.15, 0.2) is 373 Å². The molecule has 0 fully saturated rings. The summed E-state index contributed by atoms with van der Waals surface area (Å²) >= 11 is 0. The summed E-state index contributed by atoms with van der Waals surface area (Å²) in [4.78, 5) is 40.2. The molecule has 0 N–H and O–H groups in total. The summed E-state index contributed by atoms with van der Waals surface area (Å²) in [5, 5.41) is 74.1. The third kappa shape index (κ3) is 20.4. The number of hydrogen-bond donors (Lipinski definition) is 0. The van der Waals surface area contributed by atoms with Crippen molar-refractivity contribution in [2.75, 3.05) is 0 Å². The molecule has 0 atom stereocenters. The van der Waals surface area contributed by atoms with Gasteiger partial charge in [0.1, 0.15) is 51.5 Å². The SMILES string of the molecule is O=[N+]([O-])[O-].O=[N+]([O-])[O-].O=[N+]([O-])[O-].O=[N+]([O-])[O-].[Fe+2].[N]=O.c1ccc(P(=N[P+](c2ccccc2)(c2ccccc2)c2ccccc2)(c2ccccc2)c2ccccc2)cc1.c1ccc(P(=N[P+](c2ccccc2)(c2ccccc2)c2ccccc2)(c2ccccc2)c2ccccc2)cc1. The Hall–Kier alpha value is -11.1. The van der Waals surface area contributed by atoms with Crippen LogP contribution in [0.3, 0.4) is 0 Å². The van der Waals surface area contributed by atoms with E-state index in [1.807, 2.05) is 0 Å². The molecule has 20 nitrogen and oxygen atoms in total. The molecule has 1 radical (unpaired) electrons. The maximum absolute atomic E-state index is 8.25. The Labute approximate surface area is 571 Å². The van der Waals surface area contributed by atoms with Crippen molar-refractivity contribution in [1.82, 2.24) is 5.59 Å². The third-order valence-corrected chi connectivity index (χ3v) is 30.9. The van der Waals surface area contributed by atoms with Gasteiger partial charge < -0.3 is 61.3 Å². The predicted molar refractivity (Wildman–Crippen MR) is 392 cm³/mol. The van der Waals surface area contributed by atoms with Crippen molar-refractivity contribution in [3.8, 4) is 0 Å². The van der Waals surface area contributed by atoms with Gasteiger partial charge in [0.2, 0.25) is 14.8 Å². The molecule has 0 bridgehead atoms. The van der Waals surface area contributed by atoms with E-state index in [1.54, 1.807) is 0 Å². The maximum Gasteiger partial charge on any atom is 2.00 e. The first-order valence-electron chi connectivity index (χ1n) is 28.8. The molecule has 0 heterocycles. The fourth-order valence-electron chi connectivity index (χ4n) is 10.5. The maximum atomic E-state index is 8.25. The van der Waals surface area contributed by atoms with E-state index in [9.17, 15) is 0 Å². The molecule has 0 saturated heterocycles. The van der Waals surface area contributed by atoms with E-state index in [-0.39, 0.29) is 17.1 Å². The van der Waals surface area contributed by atoms with E-state index in [4.69, 9.17) is 80.8 Å². The first-order chi connectivity index (χ1) is 46.6. The molecule has 0 aliphatic heterocycles. The molecule has 0 aliphatic carbocycles. The van der Waals surface area contributed by atoms with Crippen molar-refractivity contribution >= 4 is 92.6 Å². The van der Waals surface area contributed by atoms with Crippen LogP contribution in [0.4, 0.5) is 0 Å². The minimum Gasteiger partial charge on any atom is -0.356 e. The van der Waals surface area contributed by atoms with Crippen LogP contribution in [0.1, 0.15) is 0 Å². The van der Waals surface area contributed by atoms with E-state index in [0.717, 1.165) is 0 Å². The Morgan fingerprint density at radius 1 is 0.216 bits per heavy atom. The van der Waals surface area contributed by atoms with Gasteiger partial charge >= 0.3 is 17.1 Å². The van der Waals surface area contributed by atoms with Crippen molar-refractivity contribution in [3.05, 3.63) is 430 Å². The molecule has 12 aromatic carbocycles. The Morgan fingerprint density at radius 2 is 0.309 bits per heavy atom. The van der Waals surface area contributed by atoms with Gasteiger partial charge in [-0.2, -0.15) is 0 Å². The standard InChI is InChI=1S/2C36H30NP2.Fe.4NO3.NO/c2*1-7-19-31(20-8-1)38(32-21-9-2-10-22-32,33-23-11-3-12-24-33)37-39(34-25-13-4-14-26-34,35-27-15-5-16-28-35)36-29-17-6-18-30-36;;4*2-1(3)4;1-2/h2*1-30H;;;;;;/q2*+1;+2;4*-1;. The van der Waals surface area contributed by atoms with E-state index >= 15 is 0 Å². The average molecular weight is 1410 g/mol. The summed E-state index contributed by atoms with van der Waals surface area (Å²) in [5.74, 6) is 0. The van der Waals surface area contributed by atoms with Gasteiger partial charge in [0.05, 0.1) is 20.3 Å². The van der Waals surface area contributed by atoms with Crippen LogP contribution < -0.4 is 69.2 Å². The Balaban J connectivity index is 0.000000279. The summed E-state index contributed by atoms with van der Waals surface area (Å²) in [7, 11) is -9.99. The fourth-order valence-corrected chi connectivity index (χ4v) is 29.5. The van der Waals surface area contributed by atoms with Crippen LogP contribution in [-0.4, -0.2) is 20.3 Å². The minimum absolute atomic E-state index is 0. The largest absolute Gasteiger partial charge is 2.00 e. The number of hydrogen-bond acceptors (Lipinski definition) is 15. The van der Waals surface area contributed by atoms with Crippen LogP contribution in [-0.2, 0) is 17.1 Å². The first-order valence-corrected chi connectivity index (χ1v) is 35.8. The van der Waals surface area contributed by atoms with E-state index in [2.05, 4.69) is 364 Å². The van der Waals surface area contributed by atoms with Crippen LogP contribution in [0.2, 0.25) is 0 Å². The first kappa shape index (κ1) is 76.6. The monoisotopic (exact) mass is 1410 g/mol. The Bertz CT molecular complexity index is 3680. The molecule has 0 unspecified atom stereocenters. The van der Waals surface area contributed by atoms with Gasteiger partial charge in [0, 0.05) is 31.8 Å². The molecule has 0 spiro atoms. The molecule has 0 saturated carbocycles. The molecule has 12 rings (SSSR count). The van der Waals surface area contributed by atoms with Gasteiger partial charge in [-0.05, 0) is 72.8 Å². The van der Waals surface area contributed by atoms with Crippen LogP contribution >= 0.6 is 28.9 Å². The second-order valence-corrected chi connectivity index (χ2v) is 32.4. The molecule has 25 heteroatoms. The Morgan fingerprint density at radius 3 is 0.412 bits per heavy atom. The normalized spacial score (nSPS) is 10.4. The molecule has 0 aliphatic rings. The number of nitrogens with zero attached hydrogens (tertiary/aromatic N) is 7. The van der Waals surface area contributed by atoms with E-state index in [1.165, 1.54) is 63.7 Å². The zero-order valence-electron chi connectivity index (χ0n) is 51.2. The summed E-state index contributed by atoms with van der Waals surface area (Å²) < 4.78 is 12.8. The second kappa shape index (κ2) is 39.6. The number of nitroso groups, excluding NO2 is 1. The predicted octanol–water partition coefficient (Wildman–Crippen LogP) is 12.7. The second-order valence-electron chi connectivity index (χ2n) is 19.6. The van der Waals surface area contributed by atoms with Crippen molar-refractivity contribution in [2.24, 2.45) is 9.03 Å². The third-order valence-electron chi connectivity index (χ3n) is 14.1. The van der Waals surface area contributed by atoms with Crippen molar-refractivity contribution in [1.29, 1.82) is 0 Å². The molecule has 0 aromatic heterocycles. The van der Waals surface area contributed by atoms with Gasteiger partial charge in [-0.25, -0.2) is 0 Å². The molecular weight excluding hydrogens is 1350 g/mol. The number of benzene rings is 12. The summed E-state index contributed by atoms with van der Waals surface area (Å²) in [5.41, 5.74) is 5.75. The van der Waals surface area contributed by atoms with Gasteiger partial charge in [-0.3, -0.25) is 0 Å². The fraction of sp³-hybridized carbons (Fsp3) is 0. The quantitative estimate of drug-likeness (QED) is 0.0423. The van der Waals surface area contributed by atoms with Crippen molar-refractivity contribution in [2.45, 2.75) is 0 Å².